The molecule has 3 aromatic rings. The third-order valence-electron chi connectivity index (χ3n) is 4.40. The average Bonchev–Trinajstić information content (AvgIpc) is 2.65. The van der Waals surface area contributed by atoms with Gasteiger partial charge >= 0.3 is 0 Å². The first kappa shape index (κ1) is 19.0. The van der Waals surface area contributed by atoms with Crippen LogP contribution in [0.2, 0.25) is 5.02 Å². The van der Waals surface area contributed by atoms with Gasteiger partial charge in [-0.3, -0.25) is 0 Å². The summed E-state index contributed by atoms with van der Waals surface area (Å²) in [5, 5.41) is 15.0. The standard InChI is InChI=1S/C22H25ClO3/c1-2-3-6-11-25-14-19(24)15-26-22-20-8-5-4-7-16(20)12-17-9-10-18(23)13-21(17)22/h4-5,7-10,12-13,19,24H,2-3,6,11,14-15H2,1H3. The smallest absolute Gasteiger partial charge is 0.135 e. The van der Waals surface area contributed by atoms with Crippen LogP contribution >= 0.6 is 11.6 Å². The van der Waals surface area contributed by atoms with Crippen molar-refractivity contribution >= 4 is 33.1 Å². The van der Waals surface area contributed by atoms with Crippen LogP contribution in [0.3, 0.4) is 0 Å². The number of hydrogen-bond acceptors (Lipinski definition) is 3. The normalized spacial score (nSPS) is 12.6. The molecule has 0 aliphatic carbocycles. The fourth-order valence-corrected chi connectivity index (χ4v) is 3.22. The molecule has 1 N–H and O–H groups in total. The molecule has 3 nitrogen and oxygen atoms in total. The van der Waals surface area contributed by atoms with Crippen LogP contribution in [0, 0.1) is 0 Å². The summed E-state index contributed by atoms with van der Waals surface area (Å²) in [4.78, 5) is 0. The van der Waals surface area contributed by atoms with Crippen molar-refractivity contribution in [3.8, 4) is 5.75 Å². The Kier molecular flexibility index (Phi) is 6.73. The van der Waals surface area contributed by atoms with E-state index in [1.807, 2.05) is 36.4 Å². The number of benzene rings is 3. The molecule has 0 heterocycles. The Hall–Kier alpha value is -1.81. The maximum Gasteiger partial charge on any atom is 0.135 e. The highest BCUT2D eigenvalue weighted by Gasteiger charge is 2.12. The number of rotatable bonds is 9. The van der Waals surface area contributed by atoms with Gasteiger partial charge in [-0.1, -0.05) is 61.7 Å². The molecule has 0 saturated carbocycles. The van der Waals surface area contributed by atoms with Crippen LogP contribution in [0.15, 0.2) is 48.5 Å². The molecule has 0 aromatic heterocycles. The zero-order chi connectivity index (χ0) is 18.4. The molecule has 3 rings (SSSR count). The first-order valence-corrected chi connectivity index (χ1v) is 9.56. The zero-order valence-corrected chi connectivity index (χ0v) is 15.8. The quantitative estimate of drug-likeness (QED) is 0.393. The number of aliphatic hydroxyl groups excluding tert-OH is 1. The number of aliphatic hydroxyl groups is 1. The topological polar surface area (TPSA) is 38.7 Å². The van der Waals surface area contributed by atoms with E-state index in [9.17, 15) is 5.11 Å². The summed E-state index contributed by atoms with van der Waals surface area (Å²) in [5.74, 6) is 0.755. The molecule has 0 saturated heterocycles. The highest BCUT2D eigenvalue weighted by Crippen LogP contribution is 2.36. The first-order valence-electron chi connectivity index (χ1n) is 9.18. The van der Waals surface area contributed by atoms with E-state index in [-0.39, 0.29) is 13.2 Å². The second kappa shape index (κ2) is 9.22. The Morgan fingerprint density at radius 1 is 0.962 bits per heavy atom. The molecule has 1 unspecified atom stereocenters. The minimum absolute atomic E-state index is 0.184. The van der Waals surface area contributed by atoms with E-state index < -0.39 is 6.10 Å². The molecule has 0 bridgehead atoms. The third kappa shape index (κ3) is 4.67. The van der Waals surface area contributed by atoms with Gasteiger partial charge in [-0.2, -0.15) is 0 Å². The summed E-state index contributed by atoms with van der Waals surface area (Å²) < 4.78 is 11.6. The summed E-state index contributed by atoms with van der Waals surface area (Å²) in [6.07, 6.45) is 2.67. The van der Waals surface area contributed by atoms with Crippen LogP contribution < -0.4 is 4.74 Å². The van der Waals surface area contributed by atoms with Gasteiger partial charge in [0.15, 0.2) is 0 Å². The van der Waals surface area contributed by atoms with E-state index in [2.05, 4.69) is 19.1 Å². The van der Waals surface area contributed by atoms with Gasteiger partial charge in [0.1, 0.15) is 18.5 Å². The van der Waals surface area contributed by atoms with Gasteiger partial charge in [0.2, 0.25) is 0 Å². The summed E-state index contributed by atoms with van der Waals surface area (Å²) >= 11 is 6.19. The average molecular weight is 373 g/mol. The maximum atomic E-state index is 10.2. The lowest BCUT2D eigenvalue weighted by molar-refractivity contribution is 0.0116. The van der Waals surface area contributed by atoms with Crippen LogP contribution in [0.4, 0.5) is 0 Å². The Bertz CT molecular complexity index is 863. The van der Waals surface area contributed by atoms with E-state index in [4.69, 9.17) is 21.1 Å². The highest BCUT2D eigenvalue weighted by molar-refractivity contribution is 6.31. The van der Waals surface area contributed by atoms with Crippen molar-refractivity contribution in [2.75, 3.05) is 19.8 Å². The molecular weight excluding hydrogens is 348 g/mol. The van der Waals surface area contributed by atoms with Crippen molar-refractivity contribution in [1.29, 1.82) is 0 Å². The van der Waals surface area contributed by atoms with Gasteiger partial charge in [-0.25, -0.2) is 0 Å². The van der Waals surface area contributed by atoms with Crippen molar-refractivity contribution in [2.45, 2.75) is 32.3 Å². The second-order valence-corrected chi connectivity index (χ2v) is 6.98. The van der Waals surface area contributed by atoms with Gasteiger partial charge in [0, 0.05) is 22.4 Å². The van der Waals surface area contributed by atoms with Gasteiger partial charge in [-0.15, -0.1) is 0 Å². The number of halogens is 1. The Morgan fingerprint density at radius 3 is 2.62 bits per heavy atom. The maximum absolute atomic E-state index is 10.2. The van der Waals surface area contributed by atoms with Gasteiger partial charge in [0.25, 0.3) is 0 Å². The molecule has 0 radical (unpaired) electrons. The first-order chi connectivity index (χ1) is 12.7. The van der Waals surface area contributed by atoms with Crippen LogP contribution in [-0.4, -0.2) is 31.0 Å². The lowest BCUT2D eigenvalue weighted by Gasteiger charge is -2.16. The molecule has 0 amide bonds. The minimum Gasteiger partial charge on any atom is -0.489 e. The predicted molar refractivity (Wildman–Crippen MR) is 108 cm³/mol. The lowest BCUT2D eigenvalue weighted by Crippen LogP contribution is -2.23. The van der Waals surface area contributed by atoms with Gasteiger partial charge in [-0.05, 0) is 35.4 Å². The fourth-order valence-electron chi connectivity index (χ4n) is 3.05. The van der Waals surface area contributed by atoms with Crippen LogP contribution in [-0.2, 0) is 4.74 Å². The summed E-state index contributed by atoms with van der Waals surface area (Å²) in [6.45, 7) is 3.30. The molecule has 4 heteroatoms. The number of hydrogen-bond donors (Lipinski definition) is 1. The lowest BCUT2D eigenvalue weighted by atomic mass is 10.0. The Morgan fingerprint density at radius 2 is 1.77 bits per heavy atom. The molecular formula is C22H25ClO3. The van der Waals surface area contributed by atoms with Crippen LogP contribution in [0.1, 0.15) is 26.2 Å². The Labute approximate surface area is 159 Å². The zero-order valence-electron chi connectivity index (χ0n) is 15.1. The van der Waals surface area contributed by atoms with E-state index in [0.717, 1.165) is 46.6 Å². The SMILES string of the molecule is CCCCCOCC(O)COc1c2ccccc2cc2ccc(Cl)cc12. The molecule has 0 fully saturated rings. The predicted octanol–water partition coefficient (Wildman–Crippen LogP) is 5.59. The molecule has 0 spiro atoms. The number of fused-ring (bicyclic) bond motifs is 2. The van der Waals surface area contributed by atoms with Gasteiger partial charge in [0.05, 0.1) is 6.61 Å². The second-order valence-electron chi connectivity index (χ2n) is 6.54. The van der Waals surface area contributed by atoms with Crippen LogP contribution in [0.5, 0.6) is 5.75 Å². The molecule has 3 aromatic carbocycles. The van der Waals surface area contributed by atoms with Crippen molar-refractivity contribution in [1.82, 2.24) is 0 Å². The fraction of sp³-hybridized carbons (Fsp3) is 0.364. The number of unbranched alkanes of at least 4 members (excludes halogenated alkanes) is 2. The molecule has 26 heavy (non-hydrogen) atoms. The van der Waals surface area contributed by atoms with Crippen molar-refractivity contribution in [3.63, 3.8) is 0 Å². The van der Waals surface area contributed by atoms with Crippen molar-refractivity contribution in [3.05, 3.63) is 53.6 Å². The van der Waals surface area contributed by atoms with Gasteiger partial charge < -0.3 is 14.6 Å². The van der Waals surface area contributed by atoms with Crippen LogP contribution in [0.25, 0.3) is 21.5 Å². The van der Waals surface area contributed by atoms with E-state index in [0.29, 0.717) is 11.6 Å². The van der Waals surface area contributed by atoms with Crippen molar-refractivity contribution < 1.29 is 14.6 Å². The molecule has 138 valence electrons. The monoisotopic (exact) mass is 372 g/mol. The van der Waals surface area contributed by atoms with E-state index in [1.54, 1.807) is 0 Å². The minimum atomic E-state index is -0.662. The molecule has 0 aliphatic heterocycles. The summed E-state index contributed by atoms with van der Waals surface area (Å²) in [6, 6.07) is 16.0. The third-order valence-corrected chi connectivity index (χ3v) is 4.63. The van der Waals surface area contributed by atoms with E-state index >= 15 is 0 Å². The largest absolute Gasteiger partial charge is 0.489 e. The van der Waals surface area contributed by atoms with Crippen molar-refractivity contribution in [2.24, 2.45) is 0 Å². The Balaban J connectivity index is 1.76. The molecule has 1 atom stereocenters. The highest BCUT2D eigenvalue weighted by atomic mass is 35.5. The molecule has 0 aliphatic rings. The number of ether oxygens (including phenoxy) is 2. The summed E-state index contributed by atoms with van der Waals surface area (Å²) in [5.41, 5.74) is 0. The summed E-state index contributed by atoms with van der Waals surface area (Å²) in [7, 11) is 0. The van der Waals surface area contributed by atoms with E-state index in [1.165, 1.54) is 0 Å².